The van der Waals surface area contributed by atoms with Gasteiger partial charge in [0.05, 0.1) is 11.0 Å². The lowest BCUT2D eigenvalue weighted by Gasteiger charge is -2.10. The number of para-hydroxylation sites is 1. The number of carbonyl (C=O) groups is 1. The minimum absolute atomic E-state index is 0.152. The number of rotatable bonds is 4. The standard InChI is InChI=1S/C19H20N2O/c1-13-7-8-14-12-15-5-4-6-16(18(22)9-10-21(2)3)19(15)20-17(14)11-13/h4-8,11-12H,9-10H2,1-3H3. The van der Waals surface area contributed by atoms with E-state index in [1.54, 1.807) is 0 Å². The summed E-state index contributed by atoms with van der Waals surface area (Å²) >= 11 is 0. The van der Waals surface area contributed by atoms with Gasteiger partial charge in [0.15, 0.2) is 5.78 Å². The second kappa shape index (κ2) is 5.85. The first-order valence-electron chi connectivity index (χ1n) is 7.52. The Labute approximate surface area is 130 Å². The van der Waals surface area contributed by atoms with E-state index in [-0.39, 0.29) is 5.78 Å². The van der Waals surface area contributed by atoms with Crippen LogP contribution in [0.25, 0.3) is 21.8 Å². The normalized spacial score (nSPS) is 11.5. The molecule has 0 radical (unpaired) electrons. The van der Waals surface area contributed by atoms with Crippen molar-refractivity contribution in [3.8, 4) is 0 Å². The average Bonchev–Trinajstić information content (AvgIpc) is 2.50. The summed E-state index contributed by atoms with van der Waals surface area (Å²) in [5.74, 6) is 0.152. The highest BCUT2D eigenvalue weighted by Crippen LogP contribution is 2.24. The number of benzene rings is 2. The van der Waals surface area contributed by atoms with E-state index in [9.17, 15) is 4.79 Å². The minimum Gasteiger partial charge on any atom is -0.309 e. The Morgan fingerprint density at radius 3 is 2.68 bits per heavy atom. The smallest absolute Gasteiger partial charge is 0.166 e. The van der Waals surface area contributed by atoms with Crippen molar-refractivity contribution >= 4 is 27.6 Å². The van der Waals surface area contributed by atoms with Gasteiger partial charge in [-0.2, -0.15) is 0 Å². The molecule has 3 heteroatoms. The molecular weight excluding hydrogens is 272 g/mol. The number of Topliss-reactive ketones (excluding diaryl/α,β-unsaturated/α-hetero) is 1. The number of carbonyl (C=O) groups excluding carboxylic acids is 1. The van der Waals surface area contributed by atoms with Gasteiger partial charge in [0.1, 0.15) is 0 Å². The topological polar surface area (TPSA) is 33.2 Å². The van der Waals surface area contributed by atoms with Crippen LogP contribution < -0.4 is 0 Å². The molecule has 0 spiro atoms. The fourth-order valence-electron chi connectivity index (χ4n) is 2.65. The lowest BCUT2D eigenvalue weighted by Crippen LogP contribution is -2.17. The molecular formula is C19H20N2O. The third kappa shape index (κ3) is 2.85. The molecule has 0 bridgehead atoms. The maximum atomic E-state index is 12.5. The van der Waals surface area contributed by atoms with E-state index in [1.807, 2.05) is 37.2 Å². The Hall–Kier alpha value is -2.26. The summed E-state index contributed by atoms with van der Waals surface area (Å²) in [6.07, 6.45) is 0.514. The molecule has 0 aliphatic rings. The zero-order chi connectivity index (χ0) is 15.7. The van der Waals surface area contributed by atoms with Crippen LogP contribution in [0.1, 0.15) is 22.3 Å². The third-order valence-corrected chi connectivity index (χ3v) is 3.88. The summed E-state index contributed by atoms with van der Waals surface area (Å²) in [6.45, 7) is 2.81. The minimum atomic E-state index is 0.152. The number of aryl methyl sites for hydroxylation is 1. The number of fused-ring (bicyclic) bond motifs is 2. The highest BCUT2D eigenvalue weighted by Gasteiger charge is 2.12. The van der Waals surface area contributed by atoms with Crippen molar-refractivity contribution in [1.82, 2.24) is 9.88 Å². The molecule has 0 aliphatic carbocycles. The Bertz CT molecular complexity index is 853. The maximum absolute atomic E-state index is 12.5. The molecule has 3 rings (SSSR count). The molecule has 3 aromatic rings. The van der Waals surface area contributed by atoms with E-state index >= 15 is 0 Å². The van der Waals surface area contributed by atoms with Crippen LogP contribution in [-0.4, -0.2) is 36.3 Å². The molecule has 22 heavy (non-hydrogen) atoms. The first kappa shape index (κ1) is 14.7. The van der Waals surface area contributed by atoms with Gasteiger partial charge in [-0.3, -0.25) is 4.79 Å². The van der Waals surface area contributed by atoms with Crippen molar-refractivity contribution in [2.24, 2.45) is 0 Å². The summed E-state index contributed by atoms with van der Waals surface area (Å²) in [7, 11) is 3.95. The summed E-state index contributed by atoms with van der Waals surface area (Å²) in [5, 5.41) is 2.13. The van der Waals surface area contributed by atoms with Gasteiger partial charge in [-0.05, 0) is 44.8 Å². The molecule has 0 unspecified atom stereocenters. The highest BCUT2D eigenvalue weighted by atomic mass is 16.1. The summed E-state index contributed by atoms with van der Waals surface area (Å²) in [4.78, 5) is 19.3. The van der Waals surface area contributed by atoms with Gasteiger partial charge in [0, 0.05) is 29.3 Å². The van der Waals surface area contributed by atoms with Crippen LogP contribution >= 0.6 is 0 Å². The molecule has 3 nitrogen and oxygen atoms in total. The van der Waals surface area contributed by atoms with Gasteiger partial charge >= 0.3 is 0 Å². The number of hydrogen-bond donors (Lipinski definition) is 0. The Morgan fingerprint density at radius 1 is 1.09 bits per heavy atom. The molecule has 1 aromatic heterocycles. The van der Waals surface area contributed by atoms with Crippen LogP contribution in [0.15, 0.2) is 42.5 Å². The Balaban J connectivity index is 2.12. The molecule has 0 aliphatic heterocycles. The van der Waals surface area contributed by atoms with E-state index in [2.05, 4.69) is 31.2 Å². The summed E-state index contributed by atoms with van der Waals surface area (Å²) < 4.78 is 0. The van der Waals surface area contributed by atoms with Crippen LogP contribution in [0.5, 0.6) is 0 Å². The van der Waals surface area contributed by atoms with Crippen LogP contribution in [-0.2, 0) is 0 Å². The van der Waals surface area contributed by atoms with E-state index in [0.717, 1.165) is 33.9 Å². The van der Waals surface area contributed by atoms with Crippen molar-refractivity contribution in [2.45, 2.75) is 13.3 Å². The van der Waals surface area contributed by atoms with Crippen molar-refractivity contribution < 1.29 is 4.79 Å². The van der Waals surface area contributed by atoms with Gasteiger partial charge in [-0.25, -0.2) is 4.98 Å². The number of ketones is 1. The highest BCUT2D eigenvalue weighted by molar-refractivity contribution is 6.08. The number of nitrogens with zero attached hydrogens (tertiary/aromatic N) is 2. The molecule has 0 fully saturated rings. The van der Waals surface area contributed by atoms with Crippen molar-refractivity contribution in [2.75, 3.05) is 20.6 Å². The van der Waals surface area contributed by atoms with Gasteiger partial charge in [0.2, 0.25) is 0 Å². The largest absolute Gasteiger partial charge is 0.309 e. The fraction of sp³-hybridized carbons (Fsp3) is 0.263. The zero-order valence-corrected chi connectivity index (χ0v) is 13.3. The van der Waals surface area contributed by atoms with Crippen molar-refractivity contribution in [1.29, 1.82) is 0 Å². The zero-order valence-electron chi connectivity index (χ0n) is 13.3. The monoisotopic (exact) mass is 292 g/mol. The SMILES string of the molecule is Cc1ccc2cc3cccc(C(=O)CCN(C)C)c3nc2c1. The molecule has 0 amide bonds. The fourth-order valence-corrected chi connectivity index (χ4v) is 2.65. The van der Waals surface area contributed by atoms with Crippen LogP contribution in [0, 0.1) is 6.92 Å². The molecule has 0 saturated heterocycles. The third-order valence-electron chi connectivity index (χ3n) is 3.88. The second-order valence-corrected chi connectivity index (χ2v) is 6.04. The van der Waals surface area contributed by atoms with Crippen LogP contribution in [0.4, 0.5) is 0 Å². The number of hydrogen-bond acceptors (Lipinski definition) is 3. The van der Waals surface area contributed by atoms with Gasteiger partial charge in [-0.1, -0.05) is 24.3 Å². The van der Waals surface area contributed by atoms with Crippen molar-refractivity contribution in [3.05, 3.63) is 53.6 Å². The molecule has 112 valence electrons. The van der Waals surface area contributed by atoms with Gasteiger partial charge in [0.25, 0.3) is 0 Å². The van der Waals surface area contributed by atoms with Crippen LogP contribution in [0.2, 0.25) is 0 Å². The van der Waals surface area contributed by atoms with E-state index in [4.69, 9.17) is 4.98 Å². The Morgan fingerprint density at radius 2 is 1.91 bits per heavy atom. The Kier molecular flexibility index (Phi) is 3.90. The van der Waals surface area contributed by atoms with Gasteiger partial charge < -0.3 is 4.90 Å². The predicted octanol–water partition coefficient (Wildman–Crippen LogP) is 3.83. The second-order valence-electron chi connectivity index (χ2n) is 6.04. The van der Waals surface area contributed by atoms with Crippen molar-refractivity contribution in [3.63, 3.8) is 0 Å². The van der Waals surface area contributed by atoms with Gasteiger partial charge in [-0.15, -0.1) is 0 Å². The predicted molar refractivity (Wildman–Crippen MR) is 91.5 cm³/mol. The molecule has 0 N–H and O–H groups in total. The quantitative estimate of drug-likeness (QED) is 0.541. The number of pyridine rings is 1. The summed E-state index contributed by atoms with van der Waals surface area (Å²) in [5.41, 5.74) is 3.66. The molecule has 0 saturated carbocycles. The first-order valence-corrected chi connectivity index (χ1v) is 7.52. The molecule has 1 heterocycles. The van der Waals surface area contributed by atoms with E-state index in [1.165, 1.54) is 5.56 Å². The number of aromatic nitrogens is 1. The maximum Gasteiger partial charge on any atom is 0.166 e. The average molecular weight is 292 g/mol. The van der Waals surface area contributed by atoms with E-state index in [0.29, 0.717) is 6.42 Å². The first-order chi connectivity index (χ1) is 10.5. The molecule has 0 atom stereocenters. The lowest BCUT2D eigenvalue weighted by molar-refractivity contribution is 0.0974. The van der Waals surface area contributed by atoms with Crippen LogP contribution in [0.3, 0.4) is 0 Å². The lowest BCUT2D eigenvalue weighted by atomic mass is 10.0. The molecule has 2 aromatic carbocycles. The van der Waals surface area contributed by atoms with E-state index < -0.39 is 0 Å². The summed E-state index contributed by atoms with van der Waals surface area (Å²) in [6, 6.07) is 14.2.